The zero-order valence-corrected chi connectivity index (χ0v) is 32.4. The quantitative estimate of drug-likeness (QED) is 0.169. The van der Waals surface area contributed by atoms with Crippen molar-refractivity contribution in [3.8, 4) is 56.5 Å². The number of pyridine rings is 1. The second-order valence-electron chi connectivity index (χ2n) is 15.3. The van der Waals surface area contributed by atoms with Crippen LogP contribution in [0.5, 0.6) is 0 Å². The fraction of sp³-hybridized carbons (Fsp3) is 0. The highest BCUT2D eigenvalue weighted by atomic mass is 15.1. The van der Waals surface area contributed by atoms with Gasteiger partial charge in [-0.25, -0.2) is 15.0 Å². The molecule has 0 saturated carbocycles. The molecule has 60 heavy (non-hydrogen) atoms. The van der Waals surface area contributed by atoms with Crippen LogP contribution < -0.4 is 0 Å². The van der Waals surface area contributed by atoms with Gasteiger partial charge in [-0.2, -0.15) is 0 Å². The number of hydrogen-bond acceptors (Lipinski definition) is 3. The minimum absolute atomic E-state index is 0.638. The molecular formula is C55H35N5. The molecule has 4 aromatic heterocycles. The molecule has 0 unspecified atom stereocenters. The molecule has 4 heterocycles. The van der Waals surface area contributed by atoms with E-state index in [0.717, 1.165) is 67.0 Å². The molecule has 0 amide bonds. The van der Waals surface area contributed by atoms with Crippen LogP contribution in [0.4, 0.5) is 0 Å². The normalized spacial score (nSPS) is 11.7. The number of fused-ring (bicyclic) bond motifs is 6. The number of nitrogens with zero attached hydrogens (tertiary/aromatic N) is 5. The smallest absolute Gasteiger partial charge is 0.163 e. The molecule has 0 aliphatic rings. The van der Waals surface area contributed by atoms with Crippen LogP contribution in [0.2, 0.25) is 0 Å². The Hall–Kier alpha value is -8.15. The Morgan fingerprint density at radius 1 is 0.333 bits per heavy atom. The van der Waals surface area contributed by atoms with E-state index in [1.807, 2.05) is 30.3 Å². The number of aromatic nitrogens is 5. The van der Waals surface area contributed by atoms with E-state index in [1.165, 1.54) is 32.5 Å². The highest BCUT2D eigenvalue weighted by Crippen LogP contribution is 2.42. The van der Waals surface area contributed by atoms with Crippen LogP contribution in [-0.2, 0) is 0 Å². The van der Waals surface area contributed by atoms with Crippen LogP contribution in [-0.4, -0.2) is 24.1 Å². The molecule has 5 heteroatoms. The van der Waals surface area contributed by atoms with Crippen LogP contribution in [0.1, 0.15) is 0 Å². The average molecular weight is 766 g/mol. The Labute approximate surface area is 346 Å². The fourth-order valence-corrected chi connectivity index (χ4v) is 8.88. The van der Waals surface area contributed by atoms with Gasteiger partial charge in [0.2, 0.25) is 0 Å². The average Bonchev–Trinajstić information content (AvgIpc) is 3.91. The molecule has 0 aliphatic heterocycles. The van der Waals surface area contributed by atoms with Crippen molar-refractivity contribution in [3.05, 3.63) is 212 Å². The minimum atomic E-state index is 0.638. The van der Waals surface area contributed by atoms with Crippen LogP contribution in [0, 0.1) is 0 Å². The topological polar surface area (TPSA) is 48.5 Å². The Kier molecular flexibility index (Phi) is 7.78. The van der Waals surface area contributed by atoms with Crippen molar-refractivity contribution in [2.24, 2.45) is 0 Å². The Morgan fingerprint density at radius 3 is 1.43 bits per heavy atom. The summed E-state index contributed by atoms with van der Waals surface area (Å²) in [5, 5.41) is 8.12. The van der Waals surface area contributed by atoms with Crippen molar-refractivity contribution in [1.82, 2.24) is 24.1 Å². The van der Waals surface area contributed by atoms with Gasteiger partial charge < -0.3 is 9.13 Å². The molecular weight excluding hydrogens is 731 g/mol. The highest BCUT2D eigenvalue weighted by molar-refractivity contribution is 6.10. The maximum Gasteiger partial charge on any atom is 0.163 e. The van der Waals surface area contributed by atoms with Gasteiger partial charge in [0.25, 0.3) is 0 Å². The molecule has 0 spiro atoms. The van der Waals surface area contributed by atoms with Crippen molar-refractivity contribution in [2.75, 3.05) is 0 Å². The lowest BCUT2D eigenvalue weighted by atomic mass is 10.0. The van der Waals surface area contributed by atoms with Gasteiger partial charge in [0.1, 0.15) is 0 Å². The van der Waals surface area contributed by atoms with Crippen molar-refractivity contribution in [2.45, 2.75) is 0 Å². The van der Waals surface area contributed by atoms with E-state index in [1.54, 1.807) is 6.20 Å². The lowest BCUT2D eigenvalue weighted by Crippen LogP contribution is -2.02. The van der Waals surface area contributed by atoms with Gasteiger partial charge >= 0.3 is 0 Å². The van der Waals surface area contributed by atoms with Gasteiger partial charge in [0, 0.05) is 44.9 Å². The first-order valence-corrected chi connectivity index (χ1v) is 20.3. The van der Waals surface area contributed by atoms with Crippen LogP contribution >= 0.6 is 0 Å². The molecule has 0 radical (unpaired) electrons. The summed E-state index contributed by atoms with van der Waals surface area (Å²) in [5.41, 5.74) is 12.5. The Morgan fingerprint density at radius 2 is 0.833 bits per heavy atom. The van der Waals surface area contributed by atoms with E-state index in [4.69, 9.17) is 9.97 Å². The fourth-order valence-electron chi connectivity index (χ4n) is 8.88. The van der Waals surface area contributed by atoms with Gasteiger partial charge in [0.05, 0.1) is 28.1 Å². The summed E-state index contributed by atoms with van der Waals surface area (Å²) in [5.74, 6) is 0.638. The van der Waals surface area contributed by atoms with Crippen LogP contribution in [0.3, 0.4) is 0 Å². The number of para-hydroxylation sites is 1. The molecule has 0 atom stereocenters. The Bertz CT molecular complexity index is 3580. The molecule has 0 fully saturated rings. The molecule has 5 nitrogen and oxygen atoms in total. The van der Waals surface area contributed by atoms with Crippen molar-refractivity contribution >= 4 is 54.4 Å². The number of benzene rings is 8. The zero-order chi connectivity index (χ0) is 39.6. The third-order valence-electron chi connectivity index (χ3n) is 11.7. The minimum Gasteiger partial charge on any atom is -0.307 e. The van der Waals surface area contributed by atoms with Crippen molar-refractivity contribution in [3.63, 3.8) is 0 Å². The number of hydrogen-bond donors (Lipinski definition) is 0. The summed E-state index contributed by atoms with van der Waals surface area (Å²) in [7, 11) is 0. The largest absolute Gasteiger partial charge is 0.307 e. The van der Waals surface area contributed by atoms with E-state index in [2.05, 4.69) is 190 Å². The molecule has 0 saturated heterocycles. The summed E-state index contributed by atoms with van der Waals surface area (Å²) in [6.45, 7) is 0. The molecule has 0 N–H and O–H groups in total. The van der Waals surface area contributed by atoms with E-state index < -0.39 is 0 Å². The Balaban J connectivity index is 1.11. The molecule has 12 aromatic rings. The van der Waals surface area contributed by atoms with E-state index in [-0.39, 0.29) is 0 Å². The SMILES string of the molecule is c1ccc(-c2nc(-c3ccc(-n4c(-c5ccc6ccccc6c5)cc5ccc6cc(-c7ccc8ccccc8c7)n(-c7ccccc7)c6c54)cc3)nc3ncccc23)cc1. The molecule has 12 rings (SSSR count). The monoisotopic (exact) mass is 765 g/mol. The standard InChI is InChI=1S/C55H35N5/c1-3-14-38(15-4-1)51-48-20-11-31-56-55(48)58-54(57-51)39-27-29-47(30-28-39)60-50(43-24-22-37-13-8-10-17-41(37)33-43)35-45-26-25-44-34-49(42-23-21-36-12-7-9-16-40(36)32-42)59(52(44)53(45)60)46-18-5-2-6-19-46/h1-35H. The summed E-state index contributed by atoms with van der Waals surface area (Å²) in [6, 6.07) is 73.6. The zero-order valence-electron chi connectivity index (χ0n) is 32.4. The summed E-state index contributed by atoms with van der Waals surface area (Å²) >= 11 is 0. The maximum absolute atomic E-state index is 5.15. The van der Waals surface area contributed by atoms with Gasteiger partial charge in [-0.3, -0.25) is 0 Å². The van der Waals surface area contributed by atoms with Gasteiger partial charge in [-0.15, -0.1) is 0 Å². The van der Waals surface area contributed by atoms with Crippen molar-refractivity contribution < 1.29 is 0 Å². The summed E-state index contributed by atoms with van der Waals surface area (Å²) < 4.78 is 4.88. The van der Waals surface area contributed by atoms with Gasteiger partial charge in [-0.1, -0.05) is 133 Å². The predicted octanol–water partition coefficient (Wildman–Crippen LogP) is 13.9. The maximum atomic E-state index is 5.15. The van der Waals surface area contributed by atoms with Crippen LogP contribution in [0.15, 0.2) is 212 Å². The third-order valence-corrected chi connectivity index (χ3v) is 11.7. The predicted molar refractivity (Wildman–Crippen MR) is 248 cm³/mol. The van der Waals surface area contributed by atoms with E-state index in [9.17, 15) is 0 Å². The number of rotatable bonds is 6. The van der Waals surface area contributed by atoms with Gasteiger partial charge in [-0.05, 0) is 105 Å². The second kappa shape index (κ2) is 13.8. The third kappa shape index (κ3) is 5.59. The van der Waals surface area contributed by atoms with Crippen molar-refractivity contribution in [1.29, 1.82) is 0 Å². The first-order valence-electron chi connectivity index (χ1n) is 20.3. The second-order valence-corrected chi connectivity index (χ2v) is 15.3. The summed E-state index contributed by atoms with van der Waals surface area (Å²) in [6.07, 6.45) is 1.79. The summed E-state index contributed by atoms with van der Waals surface area (Å²) in [4.78, 5) is 14.8. The van der Waals surface area contributed by atoms with Gasteiger partial charge in [0.15, 0.2) is 11.5 Å². The van der Waals surface area contributed by atoms with E-state index >= 15 is 0 Å². The lowest BCUT2D eigenvalue weighted by Gasteiger charge is -2.16. The molecule has 280 valence electrons. The molecule has 8 aromatic carbocycles. The highest BCUT2D eigenvalue weighted by Gasteiger charge is 2.22. The molecule has 0 aliphatic carbocycles. The first-order chi connectivity index (χ1) is 29.7. The lowest BCUT2D eigenvalue weighted by molar-refractivity contribution is 1.10. The van der Waals surface area contributed by atoms with Crippen LogP contribution in [0.25, 0.3) is 111 Å². The van der Waals surface area contributed by atoms with E-state index in [0.29, 0.717) is 11.5 Å². The molecule has 0 bridgehead atoms. The first kappa shape index (κ1) is 33.9.